The van der Waals surface area contributed by atoms with Gasteiger partial charge in [0.25, 0.3) is 5.91 Å². The molecule has 206 valence electrons. The highest BCUT2D eigenvalue weighted by molar-refractivity contribution is 6.04. The number of hydrogen-bond acceptors (Lipinski definition) is 5. The van der Waals surface area contributed by atoms with E-state index in [2.05, 4.69) is 41.6 Å². The van der Waals surface area contributed by atoms with Crippen molar-refractivity contribution in [2.75, 3.05) is 11.9 Å². The fourth-order valence-corrected chi connectivity index (χ4v) is 3.11. The number of carbonyl (C=O) groups is 2. The van der Waals surface area contributed by atoms with Crippen molar-refractivity contribution in [1.29, 1.82) is 0 Å². The van der Waals surface area contributed by atoms with E-state index in [1.807, 2.05) is 46.8 Å². The number of aromatic nitrogens is 2. The minimum Gasteiger partial charge on any atom is -0.481 e. The maximum absolute atomic E-state index is 12.9. The molecule has 0 saturated carbocycles. The van der Waals surface area contributed by atoms with Crippen molar-refractivity contribution in [1.82, 2.24) is 9.97 Å². The number of nitrogens with one attached hydrogen (secondary N) is 1. The average molecular weight is 529 g/mol. The van der Waals surface area contributed by atoms with Crippen molar-refractivity contribution in [3.05, 3.63) is 77.8 Å². The van der Waals surface area contributed by atoms with Crippen LogP contribution in [-0.4, -0.2) is 28.4 Å². The number of rotatable bonds is 8. The van der Waals surface area contributed by atoms with E-state index in [4.69, 9.17) is 16.9 Å². The van der Waals surface area contributed by atoms with Crippen molar-refractivity contribution in [2.45, 2.75) is 54.9 Å². The van der Waals surface area contributed by atoms with Crippen LogP contribution in [0.5, 0.6) is 5.75 Å². The normalized spacial score (nSPS) is 10.4. The molecule has 0 aliphatic heterocycles. The molecule has 3 rings (SSSR count). The summed E-state index contributed by atoms with van der Waals surface area (Å²) in [6.45, 7) is 18.2. The smallest absolute Gasteiger partial charge is 0.293 e. The van der Waals surface area contributed by atoms with Gasteiger partial charge in [-0.2, -0.15) is 0 Å². The summed E-state index contributed by atoms with van der Waals surface area (Å²) in [7, 11) is 0. The number of amides is 2. The number of hydrogen-bond donors (Lipinski definition) is 2. The lowest BCUT2D eigenvalue weighted by Crippen LogP contribution is -2.18. The second kappa shape index (κ2) is 16.4. The molecule has 1 aromatic heterocycles. The van der Waals surface area contributed by atoms with Crippen LogP contribution in [0.15, 0.2) is 60.7 Å². The predicted molar refractivity (Wildman–Crippen MR) is 162 cm³/mol. The Morgan fingerprint density at radius 3 is 2.38 bits per heavy atom. The van der Waals surface area contributed by atoms with Gasteiger partial charge in [-0.3, -0.25) is 9.59 Å². The Morgan fingerprint density at radius 1 is 1.18 bits per heavy atom. The van der Waals surface area contributed by atoms with Crippen molar-refractivity contribution in [3.63, 3.8) is 0 Å². The molecule has 7 nitrogen and oxygen atoms in total. The lowest BCUT2D eigenvalue weighted by atomic mass is 10.0. The Morgan fingerprint density at radius 2 is 1.85 bits per heavy atom. The molecule has 2 amide bonds. The first kappa shape index (κ1) is 32.6. The molecule has 3 aromatic rings. The molecule has 2 aromatic carbocycles. The van der Waals surface area contributed by atoms with Crippen LogP contribution in [0.25, 0.3) is 16.5 Å². The lowest BCUT2D eigenvalue weighted by molar-refractivity contribution is 0.0994. The summed E-state index contributed by atoms with van der Waals surface area (Å²) < 4.78 is 5.52. The van der Waals surface area contributed by atoms with E-state index in [0.29, 0.717) is 34.1 Å². The van der Waals surface area contributed by atoms with E-state index < -0.39 is 11.8 Å². The fourth-order valence-electron chi connectivity index (χ4n) is 3.11. The number of anilines is 1. The highest BCUT2D eigenvalue weighted by Crippen LogP contribution is 2.28. The third-order valence-corrected chi connectivity index (χ3v) is 5.62. The van der Waals surface area contributed by atoms with E-state index in [0.717, 1.165) is 17.4 Å². The lowest BCUT2D eigenvalue weighted by Gasteiger charge is -2.12. The highest BCUT2D eigenvalue weighted by Gasteiger charge is 2.17. The number of nitrogens with two attached hydrogens (primary N) is 1. The van der Waals surface area contributed by atoms with Gasteiger partial charge >= 0.3 is 0 Å². The zero-order valence-electron chi connectivity index (χ0n) is 24.1. The van der Waals surface area contributed by atoms with Crippen LogP contribution in [0, 0.1) is 18.3 Å². The minimum atomic E-state index is -0.580. The molecule has 7 heteroatoms. The molecule has 0 atom stereocenters. The van der Waals surface area contributed by atoms with Gasteiger partial charge in [0.15, 0.2) is 0 Å². The minimum absolute atomic E-state index is 0.0112. The number of primary amides is 1. The van der Waals surface area contributed by atoms with Gasteiger partial charge in [-0.05, 0) is 68.2 Å². The summed E-state index contributed by atoms with van der Waals surface area (Å²) in [4.78, 5) is 33.2. The molecular formula is C32H40N4O3. The van der Waals surface area contributed by atoms with E-state index in [1.54, 1.807) is 30.3 Å². The van der Waals surface area contributed by atoms with Crippen LogP contribution >= 0.6 is 0 Å². The summed E-state index contributed by atoms with van der Waals surface area (Å²) in [6.07, 6.45) is 7.95. The summed E-state index contributed by atoms with van der Waals surface area (Å²) >= 11 is 0. The van der Waals surface area contributed by atoms with Crippen molar-refractivity contribution < 1.29 is 14.3 Å². The van der Waals surface area contributed by atoms with Crippen LogP contribution in [0.4, 0.5) is 5.69 Å². The fraction of sp³-hybridized carbons (Fsp3) is 0.312. The highest BCUT2D eigenvalue weighted by atomic mass is 16.5. The summed E-state index contributed by atoms with van der Waals surface area (Å²) in [6, 6.07) is 11.7. The third-order valence-electron chi connectivity index (χ3n) is 5.62. The zero-order valence-corrected chi connectivity index (χ0v) is 24.1. The SMILES string of the molecule is C#CCOc1ccc2nc(C(=O)Nc3cccc(C(N)=O)c3)nc(/C(=C/C)CC)c2c1.C=C(C)C(C)C.CC. The van der Waals surface area contributed by atoms with E-state index >= 15 is 0 Å². The van der Waals surface area contributed by atoms with Gasteiger partial charge in [0.05, 0.1) is 11.2 Å². The molecule has 39 heavy (non-hydrogen) atoms. The predicted octanol–water partition coefficient (Wildman–Crippen LogP) is 7.05. The van der Waals surface area contributed by atoms with Gasteiger partial charge < -0.3 is 15.8 Å². The molecule has 3 N–H and O–H groups in total. The van der Waals surface area contributed by atoms with Crippen LogP contribution in [0.2, 0.25) is 0 Å². The van der Waals surface area contributed by atoms with Gasteiger partial charge in [0.2, 0.25) is 11.7 Å². The van der Waals surface area contributed by atoms with E-state index in [-0.39, 0.29) is 12.4 Å². The number of benzene rings is 2. The Bertz CT molecular complexity index is 1370. The van der Waals surface area contributed by atoms with E-state index in [1.165, 1.54) is 11.6 Å². The number of terminal acetylenes is 1. The van der Waals surface area contributed by atoms with Gasteiger partial charge in [-0.1, -0.05) is 64.8 Å². The standard InChI is InChI=1S/C24H22N4O3.C6H12.C2H6/c1-4-12-31-18-10-11-20-19(14-18)21(15(5-2)6-3)28-23(27-20)24(30)26-17-9-7-8-16(13-17)22(25)29;1-5(2)6(3)4;1-2/h1,5,7-11,13-14H,6,12H2,2-3H3,(H2,25,29)(H,26,30);6H,1H2,2-4H3;1-2H3/b15-5+;;. The molecule has 0 spiro atoms. The van der Waals surface area contributed by atoms with Gasteiger partial charge in [0.1, 0.15) is 12.4 Å². The van der Waals surface area contributed by atoms with Crippen molar-refractivity contribution in [2.24, 2.45) is 11.7 Å². The Labute approximate surface area is 232 Å². The summed E-state index contributed by atoms with van der Waals surface area (Å²) in [5.41, 5.74) is 9.50. The molecule has 0 fully saturated rings. The Hall–Kier alpha value is -4.44. The maximum atomic E-state index is 12.9. The average Bonchev–Trinajstić information content (AvgIpc) is 2.93. The molecule has 0 aliphatic carbocycles. The topological polar surface area (TPSA) is 107 Å². The molecular weight excluding hydrogens is 488 g/mol. The molecule has 0 bridgehead atoms. The van der Waals surface area contributed by atoms with Crippen molar-refractivity contribution >= 4 is 34.0 Å². The van der Waals surface area contributed by atoms with Gasteiger partial charge in [0, 0.05) is 16.6 Å². The zero-order chi connectivity index (χ0) is 29.5. The number of nitrogens with zero attached hydrogens (tertiary/aromatic N) is 2. The van der Waals surface area contributed by atoms with Gasteiger partial charge in [-0.15, -0.1) is 6.42 Å². The largest absolute Gasteiger partial charge is 0.481 e. The quantitative estimate of drug-likeness (QED) is 0.241. The number of allylic oxidation sites excluding steroid dienone is 3. The Kier molecular flexibility index (Phi) is 13.7. The van der Waals surface area contributed by atoms with Crippen LogP contribution < -0.4 is 15.8 Å². The van der Waals surface area contributed by atoms with Crippen LogP contribution in [0.1, 0.15) is 81.6 Å². The first-order valence-corrected chi connectivity index (χ1v) is 13.0. The van der Waals surface area contributed by atoms with Crippen molar-refractivity contribution in [3.8, 4) is 18.1 Å². The second-order valence-electron chi connectivity index (χ2n) is 8.64. The van der Waals surface area contributed by atoms with E-state index in [9.17, 15) is 9.59 Å². The molecule has 1 heterocycles. The second-order valence-corrected chi connectivity index (χ2v) is 8.64. The number of ether oxygens (including phenoxy) is 1. The third kappa shape index (κ3) is 9.75. The maximum Gasteiger partial charge on any atom is 0.293 e. The summed E-state index contributed by atoms with van der Waals surface area (Å²) in [5, 5.41) is 3.48. The first-order valence-electron chi connectivity index (χ1n) is 13.0. The first-order chi connectivity index (χ1) is 18.6. The molecule has 0 saturated heterocycles. The number of carbonyl (C=O) groups excluding carboxylic acids is 2. The monoisotopic (exact) mass is 528 g/mol. The summed E-state index contributed by atoms with van der Waals surface area (Å²) in [5.74, 6) is 2.63. The molecule has 0 unspecified atom stereocenters. The van der Waals surface area contributed by atoms with Crippen LogP contribution in [0.3, 0.4) is 0 Å². The molecule has 0 radical (unpaired) electrons. The number of fused-ring (bicyclic) bond motifs is 1. The Balaban J connectivity index is 0.000000839. The van der Waals surface area contributed by atoms with Gasteiger partial charge in [-0.25, -0.2) is 9.97 Å². The molecule has 0 aliphatic rings. The van der Waals surface area contributed by atoms with Crippen LogP contribution in [-0.2, 0) is 0 Å².